The van der Waals surface area contributed by atoms with Crippen molar-refractivity contribution in [2.75, 3.05) is 0 Å². The van der Waals surface area contributed by atoms with E-state index in [0.717, 1.165) is 0 Å². The Morgan fingerprint density at radius 3 is 1.34 bits per heavy atom. The van der Waals surface area contributed by atoms with Crippen molar-refractivity contribution in [3.8, 4) is 0 Å². The van der Waals surface area contributed by atoms with E-state index in [1.165, 1.54) is 48.5 Å². The molecule has 0 aliphatic rings. The second-order valence-corrected chi connectivity index (χ2v) is 11.9. The Labute approximate surface area is 204 Å². The third kappa shape index (κ3) is 4.42. The van der Waals surface area contributed by atoms with Crippen molar-refractivity contribution in [1.29, 1.82) is 0 Å². The first-order chi connectivity index (χ1) is 16.6. The highest BCUT2D eigenvalue weighted by Crippen LogP contribution is 2.70. The van der Waals surface area contributed by atoms with Crippen molar-refractivity contribution < 1.29 is 34.0 Å². The summed E-state index contributed by atoms with van der Waals surface area (Å²) < 4.78 is 103. The van der Waals surface area contributed by atoms with E-state index < -0.39 is 54.4 Å². The lowest BCUT2D eigenvalue weighted by Crippen LogP contribution is -2.19. The smallest absolute Gasteiger partial charge is 0.203 e. The maximum absolute atomic E-state index is 14.5. The molecule has 0 radical (unpaired) electrons. The lowest BCUT2D eigenvalue weighted by atomic mass is 10.3. The molecular weight excluding hydrogens is 531 g/mol. The van der Waals surface area contributed by atoms with Crippen molar-refractivity contribution in [2.24, 2.45) is 0 Å². The average Bonchev–Trinajstić information content (AvgIpc) is 2.86. The van der Waals surface area contributed by atoms with Gasteiger partial charge < -0.3 is 0 Å². The summed E-state index contributed by atoms with van der Waals surface area (Å²) in [6, 6.07) is 21.6. The quantitative estimate of drug-likeness (QED) is 0.142. The first-order valence-electron chi connectivity index (χ1n) is 9.76. The molecule has 0 atom stereocenters. The molecule has 0 bridgehead atoms. The van der Waals surface area contributed by atoms with Gasteiger partial charge in [0.1, 0.15) is 0 Å². The second kappa shape index (κ2) is 9.62. The topological polar surface area (TPSA) is 43.4 Å². The van der Waals surface area contributed by atoms with Gasteiger partial charge in [-0.3, -0.25) is 0 Å². The Kier molecular flexibility index (Phi) is 6.92. The zero-order valence-corrected chi connectivity index (χ0v) is 19.8. The van der Waals surface area contributed by atoms with Gasteiger partial charge in [-0.15, -0.1) is 0 Å². The average molecular weight is 545 g/mol. The third-order valence-electron chi connectivity index (χ3n) is 4.91. The van der Waals surface area contributed by atoms with Crippen LogP contribution in [0.5, 0.6) is 0 Å². The van der Waals surface area contributed by atoms with E-state index in [9.17, 15) is 30.4 Å². The number of rotatable bonds is 6. The first kappa shape index (κ1) is 25.2. The third-order valence-corrected chi connectivity index (χ3v) is 10.4. The molecule has 0 aliphatic heterocycles. The minimum atomic E-state index is -5.59. The minimum absolute atomic E-state index is 0.242. The molecular formula is C24H14ClF5O3S2. The molecule has 0 amide bonds. The van der Waals surface area contributed by atoms with Crippen LogP contribution in [0, 0.1) is 29.1 Å². The van der Waals surface area contributed by atoms with Gasteiger partial charge >= 0.3 is 10.1 Å². The fourth-order valence-corrected chi connectivity index (χ4v) is 8.80. The predicted molar refractivity (Wildman–Crippen MR) is 121 cm³/mol. The van der Waals surface area contributed by atoms with Gasteiger partial charge in [-0.1, -0.05) is 48.0 Å². The molecule has 0 aromatic heterocycles. The van der Waals surface area contributed by atoms with Crippen molar-refractivity contribution >= 4 is 32.0 Å². The van der Waals surface area contributed by atoms with E-state index in [0.29, 0.717) is 5.02 Å². The molecule has 4 rings (SSSR count). The van der Waals surface area contributed by atoms with Crippen LogP contribution in [0.25, 0.3) is 0 Å². The molecule has 0 N–H and O–H groups in total. The van der Waals surface area contributed by atoms with Gasteiger partial charge in [0, 0.05) is 19.7 Å². The summed E-state index contributed by atoms with van der Waals surface area (Å²) in [7, 11) is -8.93. The largest absolute Gasteiger partial charge is 0.313 e. The van der Waals surface area contributed by atoms with E-state index >= 15 is 0 Å². The highest BCUT2D eigenvalue weighted by atomic mass is 35.5. The number of hydrogen-bond donors (Lipinski definition) is 0. The van der Waals surface area contributed by atoms with Gasteiger partial charge in [0.15, 0.2) is 28.2 Å². The van der Waals surface area contributed by atoms with E-state index in [4.69, 9.17) is 15.2 Å². The summed E-state index contributed by atoms with van der Waals surface area (Å²) in [4.78, 5) is -1.28. The summed E-state index contributed by atoms with van der Waals surface area (Å²) in [5.74, 6) is -12.3. The predicted octanol–water partition coefficient (Wildman–Crippen LogP) is 7.64. The van der Waals surface area contributed by atoms with Crippen LogP contribution in [0.1, 0.15) is 0 Å². The standard InChI is InChI=1S/C24H14ClF5O3S2/c25-15-11-13-18(14-12-15)34(16-7-3-1-4-8-16,17-9-5-2-6-10-17)33-35(31,32)24-22(29)20(27)19(26)21(28)23(24)30/h1-14H. The fourth-order valence-electron chi connectivity index (χ4n) is 3.35. The Balaban J connectivity index is 2.07. The molecule has 0 saturated carbocycles. The number of hydrogen-bond acceptors (Lipinski definition) is 3. The van der Waals surface area contributed by atoms with E-state index in [-0.39, 0.29) is 14.7 Å². The first-order valence-corrected chi connectivity index (χ1v) is 13.1. The summed E-state index contributed by atoms with van der Waals surface area (Å²) in [6.45, 7) is 0. The van der Waals surface area contributed by atoms with Crippen LogP contribution < -0.4 is 0 Å². The normalized spacial score (nSPS) is 12.5. The molecule has 0 aliphatic carbocycles. The fraction of sp³-hybridized carbons (Fsp3) is 0. The van der Waals surface area contributed by atoms with Crippen LogP contribution in [-0.4, -0.2) is 8.42 Å². The molecule has 0 fully saturated rings. The van der Waals surface area contributed by atoms with Gasteiger partial charge in [-0.2, -0.15) is 8.42 Å². The van der Waals surface area contributed by atoms with Crippen LogP contribution in [0.3, 0.4) is 0 Å². The van der Waals surface area contributed by atoms with Gasteiger partial charge in [0.2, 0.25) is 5.82 Å². The Hall–Kier alpha value is -2.92. The van der Waals surface area contributed by atoms with Crippen LogP contribution in [0.2, 0.25) is 5.02 Å². The molecule has 35 heavy (non-hydrogen) atoms. The van der Waals surface area contributed by atoms with Gasteiger partial charge in [-0.25, -0.2) is 25.6 Å². The van der Waals surface area contributed by atoms with Crippen molar-refractivity contribution in [1.82, 2.24) is 0 Å². The molecule has 4 aromatic rings. The highest BCUT2D eigenvalue weighted by Gasteiger charge is 2.42. The van der Waals surface area contributed by atoms with Crippen LogP contribution >= 0.6 is 21.9 Å². The Bertz CT molecular complexity index is 1420. The summed E-state index contributed by atoms with van der Waals surface area (Å²) in [6.07, 6.45) is 0. The maximum Gasteiger partial charge on any atom is 0.313 e. The molecule has 11 heteroatoms. The van der Waals surface area contributed by atoms with Crippen LogP contribution in [0.15, 0.2) is 105 Å². The zero-order valence-electron chi connectivity index (χ0n) is 17.4. The summed E-state index contributed by atoms with van der Waals surface area (Å²) >= 11 is 6.01. The summed E-state index contributed by atoms with van der Waals surface area (Å²) in [5, 5.41) is 0.311. The molecule has 0 saturated heterocycles. The van der Waals surface area contributed by atoms with Crippen molar-refractivity contribution in [3.05, 3.63) is 119 Å². The highest BCUT2D eigenvalue weighted by molar-refractivity contribution is 8.33. The molecule has 182 valence electrons. The summed E-state index contributed by atoms with van der Waals surface area (Å²) in [5.41, 5.74) is 0. The second-order valence-electron chi connectivity index (χ2n) is 7.06. The minimum Gasteiger partial charge on any atom is -0.203 e. The van der Waals surface area contributed by atoms with E-state index in [2.05, 4.69) is 0 Å². The Morgan fingerprint density at radius 1 is 0.543 bits per heavy atom. The van der Waals surface area contributed by atoms with Crippen LogP contribution in [-0.2, 0) is 13.7 Å². The lowest BCUT2D eigenvalue weighted by Gasteiger charge is -2.39. The van der Waals surface area contributed by atoms with E-state index in [1.54, 1.807) is 36.4 Å². The van der Waals surface area contributed by atoms with Crippen LogP contribution in [0.4, 0.5) is 22.0 Å². The van der Waals surface area contributed by atoms with Crippen molar-refractivity contribution in [3.63, 3.8) is 0 Å². The molecule has 0 heterocycles. The van der Waals surface area contributed by atoms with Gasteiger partial charge in [-0.05, 0) is 58.8 Å². The SMILES string of the molecule is O=S(=O)(OS(c1ccccc1)(c1ccccc1)c1ccc(Cl)cc1)c1c(F)c(F)c(F)c(F)c1F. The molecule has 3 nitrogen and oxygen atoms in total. The maximum atomic E-state index is 14.5. The van der Waals surface area contributed by atoms with Gasteiger partial charge in [0.05, 0.1) is 0 Å². The van der Waals surface area contributed by atoms with Gasteiger partial charge in [0.25, 0.3) is 0 Å². The Morgan fingerprint density at radius 2 is 0.914 bits per heavy atom. The molecule has 0 unspecified atom stereocenters. The van der Waals surface area contributed by atoms with E-state index in [1.807, 2.05) is 0 Å². The van der Waals surface area contributed by atoms with Crippen molar-refractivity contribution in [2.45, 2.75) is 19.6 Å². The number of benzene rings is 4. The number of halogens is 6. The lowest BCUT2D eigenvalue weighted by molar-refractivity contribution is 0.354. The monoisotopic (exact) mass is 544 g/mol. The molecule has 4 aromatic carbocycles. The zero-order chi connectivity index (χ0) is 25.4. The molecule has 0 spiro atoms.